The minimum Gasteiger partial charge on any atom is -0.234 e. The third kappa shape index (κ3) is 4.21. The van der Waals surface area contributed by atoms with Crippen molar-refractivity contribution in [2.45, 2.75) is 24.7 Å². The fraction of sp³-hybridized carbons (Fsp3) is 0.200. The van der Waals surface area contributed by atoms with Crippen molar-refractivity contribution < 1.29 is 17.2 Å². The standard InChI is InChI=1S/C20H17F2N7O2S/c1-3-32(30,31)15-11-25-19(18-23-9-4-10-24-18)27-16(15)17-26-12-29(28-17)14-7-5-13(6-8-14)20(2,21)22/h4-12H,3H2,1-2H3. The lowest BCUT2D eigenvalue weighted by Gasteiger charge is -2.10. The number of halogens is 2. The van der Waals surface area contributed by atoms with Crippen LogP contribution < -0.4 is 0 Å². The summed E-state index contributed by atoms with van der Waals surface area (Å²) in [6.45, 7) is 2.32. The molecular formula is C20H17F2N7O2S. The summed E-state index contributed by atoms with van der Waals surface area (Å²) in [6, 6.07) is 7.15. The van der Waals surface area contributed by atoms with Gasteiger partial charge in [0.1, 0.15) is 16.9 Å². The maximum atomic E-state index is 13.5. The van der Waals surface area contributed by atoms with Gasteiger partial charge in [-0.1, -0.05) is 19.1 Å². The molecule has 0 radical (unpaired) electrons. The van der Waals surface area contributed by atoms with E-state index < -0.39 is 15.8 Å². The summed E-state index contributed by atoms with van der Waals surface area (Å²) in [7, 11) is -3.69. The van der Waals surface area contributed by atoms with Crippen LogP contribution in [0.15, 0.2) is 60.1 Å². The van der Waals surface area contributed by atoms with Crippen LogP contribution in [0, 0.1) is 0 Å². The van der Waals surface area contributed by atoms with Crippen molar-refractivity contribution in [3.8, 4) is 28.9 Å². The van der Waals surface area contributed by atoms with E-state index in [4.69, 9.17) is 0 Å². The molecule has 0 fully saturated rings. The molecule has 0 aliphatic carbocycles. The number of aromatic nitrogens is 7. The molecule has 0 aliphatic heterocycles. The van der Waals surface area contributed by atoms with Crippen molar-refractivity contribution in [2.75, 3.05) is 5.75 Å². The number of nitrogens with zero attached hydrogens (tertiary/aromatic N) is 7. The molecule has 0 N–H and O–H groups in total. The zero-order valence-corrected chi connectivity index (χ0v) is 17.8. The van der Waals surface area contributed by atoms with Gasteiger partial charge in [-0.25, -0.2) is 46.8 Å². The zero-order chi connectivity index (χ0) is 22.9. The summed E-state index contributed by atoms with van der Waals surface area (Å²) in [6.07, 6.45) is 5.56. The largest absolute Gasteiger partial charge is 0.270 e. The highest BCUT2D eigenvalue weighted by molar-refractivity contribution is 7.91. The molecule has 3 heterocycles. The van der Waals surface area contributed by atoms with Crippen LogP contribution in [0.2, 0.25) is 0 Å². The second-order valence-corrected chi connectivity index (χ2v) is 9.08. The molecule has 9 nitrogen and oxygen atoms in total. The van der Waals surface area contributed by atoms with Crippen LogP contribution in [-0.4, -0.2) is 48.9 Å². The number of rotatable bonds is 6. The van der Waals surface area contributed by atoms with E-state index in [1.54, 1.807) is 6.07 Å². The summed E-state index contributed by atoms with van der Waals surface area (Å²) in [5.74, 6) is -2.78. The first kappa shape index (κ1) is 21.6. The van der Waals surface area contributed by atoms with Crippen LogP contribution in [0.4, 0.5) is 8.78 Å². The molecule has 3 aromatic heterocycles. The van der Waals surface area contributed by atoms with Crippen molar-refractivity contribution in [3.63, 3.8) is 0 Å². The molecule has 0 saturated carbocycles. The minimum absolute atomic E-state index is 0.000218. The quantitative estimate of drug-likeness (QED) is 0.434. The molecule has 164 valence electrons. The van der Waals surface area contributed by atoms with Crippen LogP contribution in [0.5, 0.6) is 0 Å². The van der Waals surface area contributed by atoms with Crippen LogP contribution in [0.1, 0.15) is 19.4 Å². The van der Waals surface area contributed by atoms with Crippen molar-refractivity contribution >= 4 is 9.84 Å². The lowest BCUT2D eigenvalue weighted by atomic mass is 10.1. The van der Waals surface area contributed by atoms with E-state index in [1.165, 1.54) is 60.8 Å². The van der Waals surface area contributed by atoms with Crippen molar-refractivity contribution in [1.82, 2.24) is 34.7 Å². The van der Waals surface area contributed by atoms with Gasteiger partial charge in [-0.15, -0.1) is 5.10 Å². The molecule has 32 heavy (non-hydrogen) atoms. The Labute approximate surface area is 182 Å². The number of alkyl halides is 2. The topological polar surface area (TPSA) is 116 Å². The molecule has 0 bridgehead atoms. The lowest BCUT2D eigenvalue weighted by Crippen LogP contribution is -2.10. The summed E-state index contributed by atoms with van der Waals surface area (Å²) in [5, 5.41) is 4.31. The van der Waals surface area contributed by atoms with Gasteiger partial charge in [-0.3, -0.25) is 0 Å². The highest BCUT2D eigenvalue weighted by Crippen LogP contribution is 2.28. The molecular weight excluding hydrogens is 440 g/mol. The van der Waals surface area contributed by atoms with E-state index in [0.29, 0.717) is 5.69 Å². The second kappa shape index (κ2) is 8.11. The number of hydrogen-bond acceptors (Lipinski definition) is 8. The summed E-state index contributed by atoms with van der Waals surface area (Å²) in [4.78, 5) is 20.7. The molecule has 0 amide bonds. The smallest absolute Gasteiger partial charge is 0.234 e. The average Bonchev–Trinajstić information content (AvgIpc) is 3.29. The molecule has 0 saturated heterocycles. The normalized spacial score (nSPS) is 12.1. The SMILES string of the molecule is CCS(=O)(=O)c1cnc(-c2ncccn2)nc1-c1ncn(-c2ccc(C(C)(F)F)cc2)n1. The molecule has 0 unspecified atom stereocenters. The predicted molar refractivity (Wildman–Crippen MR) is 111 cm³/mol. The number of benzene rings is 1. The minimum atomic E-state index is -3.69. The highest BCUT2D eigenvalue weighted by atomic mass is 32.2. The maximum absolute atomic E-state index is 13.5. The van der Waals surface area contributed by atoms with Crippen molar-refractivity contribution in [3.05, 3.63) is 60.8 Å². The fourth-order valence-corrected chi connectivity index (χ4v) is 3.79. The monoisotopic (exact) mass is 457 g/mol. The number of hydrogen-bond donors (Lipinski definition) is 0. The van der Waals surface area contributed by atoms with E-state index in [-0.39, 0.29) is 39.4 Å². The Morgan fingerprint density at radius 2 is 1.66 bits per heavy atom. The Balaban J connectivity index is 1.80. The van der Waals surface area contributed by atoms with Gasteiger partial charge in [-0.2, -0.15) is 0 Å². The Bertz CT molecular complexity index is 1350. The fourth-order valence-electron chi connectivity index (χ4n) is 2.84. The predicted octanol–water partition coefficient (Wildman–Crippen LogP) is 3.09. The summed E-state index contributed by atoms with van der Waals surface area (Å²) in [5.41, 5.74) is 0.332. The van der Waals surface area contributed by atoms with Crippen LogP contribution >= 0.6 is 0 Å². The van der Waals surface area contributed by atoms with Gasteiger partial charge >= 0.3 is 0 Å². The molecule has 0 spiro atoms. The van der Waals surface area contributed by atoms with Crippen molar-refractivity contribution in [2.24, 2.45) is 0 Å². The number of sulfone groups is 1. The van der Waals surface area contributed by atoms with Crippen LogP contribution in [-0.2, 0) is 15.8 Å². The third-order valence-corrected chi connectivity index (χ3v) is 6.31. The van der Waals surface area contributed by atoms with Gasteiger partial charge in [0, 0.05) is 24.9 Å². The van der Waals surface area contributed by atoms with E-state index in [1.807, 2.05) is 0 Å². The van der Waals surface area contributed by atoms with Gasteiger partial charge in [0.05, 0.1) is 17.6 Å². The molecule has 1 aromatic carbocycles. The first-order valence-corrected chi connectivity index (χ1v) is 11.1. The first-order valence-electron chi connectivity index (χ1n) is 9.47. The lowest BCUT2D eigenvalue weighted by molar-refractivity contribution is 0.0175. The van der Waals surface area contributed by atoms with E-state index in [2.05, 4.69) is 30.0 Å². The Kier molecular flexibility index (Phi) is 5.46. The van der Waals surface area contributed by atoms with E-state index >= 15 is 0 Å². The first-order chi connectivity index (χ1) is 15.2. The molecule has 0 atom stereocenters. The second-order valence-electron chi connectivity index (χ2n) is 6.83. The van der Waals surface area contributed by atoms with Crippen molar-refractivity contribution in [1.29, 1.82) is 0 Å². The van der Waals surface area contributed by atoms with Gasteiger partial charge in [0.15, 0.2) is 21.5 Å². The molecule has 0 aliphatic rings. The van der Waals surface area contributed by atoms with Crippen LogP contribution in [0.25, 0.3) is 28.9 Å². The highest BCUT2D eigenvalue weighted by Gasteiger charge is 2.25. The maximum Gasteiger partial charge on any atom is 0.270 e. The average molecular weight is 457 g/mol. The van der Waals surface area contributed by atoms with Gasteiger partial charge in [0.25, 0.3) is 5.92 Å². The Morgan fingerprint density at radius 3 is 2.28 bits per heavy atom. The Hall–Kier alpha value is -3.67. The Morgan fingerprint density at radius 1 is 0.969 bits per heavy atom. The van der Waals surface area contributed by atoms with Crippen LogP contribution in [0.3, 0.4) is 0 Å². The zero-order valence-electron chi connectivity index (χ0n) is 17.0. The molecule has 4 rings (SSSR count). The van der Waals surface area contributed by atoms with E-state index in [9.17, 15) is 17.2 Å². The third-order valence-electron chi connectivity index (χ3n) is 4.58. The van der Waals surface area contributed by atoms with E-state index in [0.717, 1.165) is 6.92 Å². The summed E-state index contributed by atoms with van der Waals surface area (Å²) < 4.78 is 53.5. The molecule has 4 aromatic rings. The van der Waals surface area contributed by atoms with Gasteiger partial charge < -0.3 is 0 Å². The van der Waals surface area contributed by atoms with Gasteiger partial charge in [-0.05, 0) is 18.2 Å². The molecule has 12 heteroatoms. The van der Waals surface area contributed by atoms with Gasteiger partial charge in [0.2, 0.25) is 5.82 Å². The summed E-state index contributed by atoms with van der Waals surface area (Å²) >= 11 is 0.